The van der Waals surface area contributed by atoms with Crippen molar-refractivity contribution >= 4 is 23.6 Å². The monoisotopic (exact) mass is 354 g/mol. The number of piperidine rings is 1. The molecule has 0 N–H and O–H groups in total. The Hall–Kier alpha value is -2.33. The molecule has 3 heterocycles. The van der Waals surface area contributed by atoms with Crippen LogP contribution < -0.4 is 0 Å². The quantitative estimate of drug-likeness (QED) is 0.776. The number of halogens is 1. The van der Waals surface area contributed by atoms with Crippen LogP contribution >= 0.6 is 11.6 Å². The molecule has 1 unspecified atom stereocenters. The number of benzene rings is 1. The Balaban J connectivity index is 1.54. The average Bonchev–Trinajstić information content (AvgIpc) is 2.85. The third kappa shape index (κ3) is 3.40. The topological polar surface area (TPSA) is 42.4 Å². The Morgan fingerprint density at radius 3 is 2.72 bits per heavy atom. The van der Waals surface area contributed by atoms with Crippen LogP contribution in [0.3, 0.4) is 0 Å². The molecule has 2 fully saturated rings. The van der Waals surface area contributed by atoms with Crippen molar-refractivity contribution < 1.29 is 9.53 Å². The number of hydrogen-bond acceptors (Lipinski definition) is 4. The summed E-state index contributed by atoms with van der Waals surface area (Å²) >= 11 is 5.89. The number of fused-ring (bicyclic) bond motifs is 2. The van der Waals surface area contributed by atoms with Crippen LogP contribution in [0.5, 0.6) is 0 Å². The zero-order valence-corrected chi connectivity index (χ0v) is 14.6. The van der Waals surface area contributed by atoms with Crippen LogP contribution in [0.2, 0.25) is 5.02 Å². The zero-order chi connectivity index (χ0) is 17.3. The lowest BCUT2D eigenvalue weighted by molar-refractivity contribution is -0.0270. The van der Waals surface area contributed by atoms with E-state index in [4.69, 9.17) is 16.3 Å². The molecular formula is C20H19ClN2O2. The predicted molar refractivity (Wildman–Crippen MR) is 97.2 cm³/mol. The summed E-state index contributed by atoms with van der Waals surface area (Å²) in [5.74, 6) is -0.274. The highest BCUT2D eigenvalue weighted by Crippen LogP contribution is 2.41. The summed E-state index contributed by atoms with van der Waals surface area (Å²) in [5.41, 5.74) is 2.47. The van der Waals surface area contributed by atoms with Crippen LogP contribution in [0.25, 0.3) is 6.08 Å². The number of carbonyl (C=O) groups is 1. The van der Waals surface area contributed by atoms with Crippen molar-refractivity contribution in [2.45, 2.75) is 24.9 Å². The van der Waals surface area contributed by atoms with E-state index in [-0.39, 0.29) is 5.97 Å². The van der Waals surface area contributed by atoms with Crippen molar-refractivity contribution in [2.75, 3.05) is 13.1 Å². The van der Waals surface area contributed by atoms with Gasteiger partial charge < -0.3 is 9.64 Å². The molecule has 4 nitrogen and oxygen atoms in total. The number of nitrogens with zero attached hydrogens (tertiary/aromatic N) is 2. The van der Waals surface area contributed by atoms with E-state index >= 15 is 0 Å². The zero-order valence-electron chi connectivity index (χ0n) is 13.8. The molecule has 0 radical (unpaired) electrons. The maximum absolute atomic E-state index is 12.6. The van der Waals surface area contributed by atoms with E-state index in [2.05, 4.69) is 16.0 Å². The molecule has 0 saturated carbocycles. The van der Waals surface area contributed by atoms with E-state index in [1.165, 1.54) is 5.70 Å². The van der Waals surface area contributed by atoms with Gasteiger partial charge in [-0.2, -0.15) is 0 Å². The third-order valence-corrected chi connectivity index (χ3v) is 5.13. The van der Waals surface area contributed by atoms with Gasteiger partial charge >= 0.3 is 5.97 Å². The number of esters is 1. The van der Waals surface area contributed by atoms with E-state index in [1.807, 2.05) is 12.1 Å². The largest absolute Gasteiger partial charge is 0.453 e. The first-order valence-electron chi connectivity index (χ1n) is 8.48. The molecule has 128 valence electrons. The second-order valence-electron chi connectivity index (χ2n) is 6.70. The van der Waals surface area contributed by atoms with E-state index in [9.17, 15) is 4.79 Å². The summed E-state index contributed by atoms with van der Waals surface area (Å²) in [6.07, 6.45) is 8.44. The van der Waals surface area contributed by atoms with E-state index < -0.39 is 5.60 Å². The van der Waals surface area contributed by atoms with E-state index in [0.29, 0.717) is 10.6 Å². The second-order valence-corrected chi connectivity index (χ2v) is 7.13. The van der Waals surface area contributed by atoms with Crippen LogP contribution in [0.1, 0.15) is 35.2 Å². The standard InChI is InChI=1S/C20H19ClN2O2/c21-17-4-2-16(3-5-17)19(24)25-20-8-1-11-23(14-20)18(13-20)12-15-6-9-22-10-7-15/h2-7,9-10,12H,1,8,11,13-14H2/b18-12+. The Kier molecular flexibility index (Phi) is 4.22. The fraction of sp³-hybridized carbons (Fsp3) is 0.300. The molecule has 0 aliphatic carbocycles. The molecule has 2 aliphatic heterocycles. The number of aromatic nitrogens is 1. The Morgan fingerprint density at radius 1 is 1.20 bits per heavy atom. The fourth-order valence-electron chi connectivity index (χ4n) is 3.68. The molecule has 2 bridgehead atoms. The summed E-state index contributed by atoms with van der Waals surface area (Å²) in [4.78, 5) is 19.0. The highest BCUT2D eigenvalue weighted by molar-refractivity contribution is 6.30. The van der Waals surface area contributed by atoms with Crippen molar-refractivity contribution in [3.8, 4) is 0 Å². The van der Waals surface area contributed by atoms with Crippen LogP contribution in [0.4, 0.5) is 0 Å². The maximum Gasteiger partial charge on any atom is 0.338 e. The first-order chi connectivity index (χ1) is 12.1. The van der Waals surface area contributed by atoms with Gasteiger partial charge in [0.05, 0.1) is 12.1 Å². The Morgan fingerprint density at radius 2 is 1.96 bits per heavy atom. The Bertz CT molecular complexity index is 804. The van der Waals surface area contributed by atoms with Crippen LogP contribution in [-0.2, 0) is 4.74 Å². The summed E-state index contributed by atoms with van der Waals surface area (Å²) in [6.45, 7) is 1.78. The van der Waals surface area contributed by atoms with Crippen molar-refractivity contribution in [1.82, 2.24) is 9.88 Å². The van der Waals surface area contributed by atoms with Gasteiger partial charge in [0.2, 0.25) is 0 Å². The molecule has 25 heavy (non-hydrogen) atoms. The lowest BCUT2D eigenvalue weighted by atomic mass is 9.94. The summed E-state index contributed by atoms with van der Waals surface area (Å²) in [7, 11) is 0. The molecule has 1 aromatic heterocycles. The summed E-state index contributed by atoms with van der Waals surface area (Å²) in [5, 5.41) is 0.613. The Labute approximate surface area is 152 Å². The molecule has 2 saturated heterocycles. The van der Waals surface area contributed by atoms with Gasteiger partial charge in [-0.25, -0.2) is 4.79 Å². The van der Waals surface area contributed by atoms with Gasteiger partial charge in [-0.1, -0.05) is 11.6 Å². The van der Waals surface area contributed by atoms with Gasteiger partial charge in [0.25, 0.3) is 0 Å². The van der Waals surface area contributed by atoms with Crippen LogP contribution in [-0.4, -0.2) is 34.5 Å². The van der Waals surface area contributed by atoms with Crippen LogP contribution in [0, 0.1) is 0 Å². The molecule has 1 aromatic carbocycles. The number of ether oxygens (including phenoxy) is 1. The minimum absolute atomic E-state index is 0.274. The maximum atomic E-state index is 12.6. The van der Waals surface area contributed by atoms with Crippen LogP contribution in [0.15, 0.2) is 54.5 Å². The SMILES string of the molecule is O=C(OC12CCCN(C1)/C(=C/c1ccncc1)C2)c1ccc(Cl)cc1. The van der Waals surface area contributed by atoms with Crippen molar-refractivity contribution in [3.63, 3.8) is 0 Å². The number of pyridine rings is 1. The van der Waals surface area contributed by atoms with E-state index in [0.717, 1.165) is 37.9 Å². The molecule has 5 heteroatoms. The predicted octanol–water partition coefficient (Wildman–Crippen LogP) is 4.17. The molecule has 4 rings (SSSR count). The molecule has 2 aromatic rings. The van der Waals surface area contributed by atoms with E-state index in [1.54, 1.807) is 36.7 Å². The average molecular weight is 355 g/mol. The highest BCUT2D eigenvalue weighted by Gasteiger charge is 2.46. The summed E-state index contributed by atoms with van der Waals surface area (Å²) < 4.78 is 5.99. The third-order valence-electron chi connectivity index (χ3n) is 4.88. The second kappa shape index (κ2) is 6.52. The fourth-order valence-corrected chi connectivity index (χ4v) is 3.81. The number of carbonyl (C=O) groups excluding carboxylic acids is 1. The lowest BCUT2D eigenvalue weighted by Crippen LogP contribution is -2.42. The van der Waals surface area contributed by atoms with Crippen molar-refractivity contribution in [1.29, 1.82) is 0 Å². The first-order valence-corrected chi connectivity index (χ1v) is 8.86. The van der Waals surface area contributed by atoms with Gasteiger partial charge in [0, 0.05) is 36.1 Å². The highest BCUT2D eigenvalue weighted by atomic mass is 35.5. The normalized spacial score (nSPS) is 23.7. The van der Waals surface area contributed by atoms with Crippen molar-refractivity contribution in [3.05, 3.63) is 70.6 Å². The number of rotatable bonds is 3. The minimum Gasteiger partial charge on any atom is -0.453 e. The van der Waals surface area contributed by atoms with Gasteiger partial charge in [0.1, 0.15) is 5.60 Å². The molecule has 0 spiro atoms. The summed E-state index contributed by atoms with van der Waals surface area (Å²) in [6, 6.07) is 10.8. The van der Waals surface area contributed by atoms with Crippen molar-refractivity contribution in [2.24, 2.45) is 0 Å². The van der Waals surface area contributed by atoms with Gasteiger partial charge in [-0.15, -0.1) is 0 Å². The van der Waals surface area contributed by atoms with Gasteiger partial charge in [-0.05, 0) is 60.9 Å². The number of hydrogen-bond donors (Lipinski definition) is 0. The smallest absolute Gasteiger partial charge is 0.338 e. The van der Waals surface area contributed by atoms with Gasteiger partial charge in [0.15, 0.2) is 0 Å². The minimum atomic E-state index is -0.423. The first kappa shape index (κ1) is 16.2. The van der Waals surface area contributed by atoms with Gasteiger partial charge in [-0.3, -0.25) is 4.98 Å². The molecule has 1 atom stereocenters. The lowest BCUT2D eigenvalue weighted by Gasteiger charge is -2.33. The molecule has 2 aliphatic rings. The molecular weight excluding hydrogens is 336 g/mol. The molecule has 0 amide bonds.